The summed E-state index contributed by atoms with van der Waals surface area (Å²) in [5, 5.41) is 0.479. The third-order valence-corrected chi connectivity index (χ3v) is 2.60. The summed E-state index contributed by atoms with van der Waals surface area (Å²) >= 11 is 5.87. The Balaban J connectivity index is 2.89. The first kappa shape index (κ1) is 8.51. The molecule has 2 aromatic heterocycles. The Morgan fingerprint density at radius 1 is 1.31 bits per heavy atom. The number of fused-ring (bicyclic) bond motifs is 1. The van der Waals surface area contributed by atoms with Crippen molar-refractivity contribution in [3.63, 3.8) is 0 Å². The molecule has 0 aromatic carbocycles. The maximum absolute atomic E-state index is 5.87. The first-order chi connectivity index (χ1) is 6.09. The van der Waals surface area contributed by atoms with Crippen LogP contribution in [-0.2, 0) is 7.05 Å². The van der Waals surface area contributed by atoms with E-state index >= 15 is 0 Å². The maximum atomic E-state index is 5.87. The van der Waals surface area contributed by atoms with Crippen molar-refractivity contribution < 1.29 is 0 Å². The molecule has 2 heterocycles. The zero-order chi connectivity index (χ0) is 9.59. The highest BCUT2D eigenvalue weighted by atomic mass is 35.5. The molecule has 0 spiro atoms. The minimum absolute atomic E-state index is 0.479. The Hall–Kier alpha value is -1.09. The summed E-state index contributed by atoms with van der Waals surface area (Å²) in [6.45, 7) is 4.00. The second-order valence-electron chi connectivity index (χ2n) is 3.17. The van der Waals surface area contributed by atoms with Crippen LogP contribution >= 0.6 is 11.6 Å². The van der Waals surface area contributed by atoms with Crippen LogP contribution in [0.1, 0.15) is 11.3 Å². The molecule has 2 rings (SSSR count). The maximum Gasteiger partial charge on any atom is 0.205 e. The van der Waals surface area contributed by atoms with Gasteiger partial charge in [0.1, 0.15) is 0 Å². The Kier molecular flexibility index (Phi) is 1.77. The van der Waals surface area contributed by atoms with Gasteiger partial charge in [0.15, 0.2) is 5.65 Å². The van der Waals surface area contributed by atoms with E-state index in [4.69, 9.17) is 11.6 Å². The van der Waals surface area contributed by atoms with Gasteiger partial charge < -0.3 is 4.57 Å². The van der Waals surface area contributed by atoms with Crippen LogP contribution in [0.5, 0.6) is 0 Å². The third kappa shape index (κ3) is 1.20. The number of imidazole rings is 1. The van der Waals surface area contributed by atoms with Crippen molar-refractivity contribution in [1.29, 1.82) is 0 Å². The normalized spacial score (nSPS) is 11.1. The van der Waals surface area contributed by atoms with E-state index in [1.807, 2.05) is 25.5 Å². The minimum atomic E-state index is 0.479. The Labute approximate surface area is 81.4 Å². The van der Waals surface area contributed by atoms with Gasteiger partial charge >= 0.3 is 0 Å². The molecule has 0 unspecified atom stereocenters. The smallest absolute Gasteiger partial charge is 0.205 e. The van der Waals surface area contributed by atoms with Crippen molar-refractivity contribution in [1.82, 2.24) is 14.5 Å². The molecular weight excluding hydrogens is 186 g/mol. The highest BCUT2D eigenvalue weighted by molar-refractivity contribution is 6.29. The van der Waals surface area contributed by atoms with Crippen LogP contribution in [0.2, 0.25) is 5.28 Å². The first-order valence-corrected chi connectivity index (χ1v) is 4.43. The van der Waals surface area contributed by atoms with E-state index in [-0.39, 0.29) is 0 Å². The molecule has 0 aliphatic rings. The van der Waals surface area contributed by atoms with Gasteiger partial charge in [0, 0.05) is 12.7 Å². The van der Waals surface area contributed by atoms with Crippen LogP contribution in [-0.4, -0.2) is 14.5 Å². The Morgan fingerprint density at radius 2 is 2.00 bits per heavy atom. The van der Waals surface area contributed by atoms with Gasteiger partial charge in [0.25, 0.3) is 0 Å². The lowest BCUT2D eigenvalue weighted by molar-refractivity contribution is 0.948. The van der Waals surface area contributed by atoms with Gasteiger partial charge in [-0.15, -0.1) is 0 Å². The highest BCUT2D eigenvalue weighted by Crippen LogP contribution is 2.18. The fourth-order valence-corrected chi connectivity index (χ4v) is 1.44. The zero-order valence-electron chi connectivity index (χ0n) is 7.80. The fourth-order valence-electron chi connectivity index (χ4n) is 1.27. The zero-order valence-corrected chi connectivity index (χ0v) is 8.55. The van der Waals surface area contributed by atoms with Crippen LogP contribution in [0.15, 0.2) is 6.07 Å². The number of aryl methyl sites for hydroxylation is 3. The molecule has 0 aliphatic carbocycles. The van der Waals surface area contributed by atoms with Crippen molar-refractivity contribution in [3.8, 4) is 0 Å². The molecule has 13 heavy (non-hydrogen) atoms. The van der Waals surface area contributed by atoms with E-state index in [9.17, 15) is 0 Å². The van der Waals surface area contributed by atoms with E-state index in [0.29, 0.717) is 5.28 Å². The summed E-state index contributed by atoms with van der Waals surface area (Å²) in [5.41, 5.74) is 3.86. The standard InChI is InChI=1S/C9H10ClN3/c1-5-4-7-8(11-6(5)2)12-9(10)13(7)3/h4H,1-3H3. The molecule has 0 radical (unpaired) electrons. The quantitative estimate of drug-likeness (QED) is 0.646. The molecule has 0 amide bonds. The minimum Gasteiger partial charge on any atom is -0.316 e. The molecule has 2 aromatic rings. The average molecular weight is 196 g/mol. The Morgan fingerprint density at radius 3 is 2.69 bits per heavy atom. The summed E-state index contributed by atoms with van der Waals surface area (Å²) < 4.78 is 1.83. The summed E-state index contributed by atoms with van der Waals surface area (Å²) in [7, 11) is 1.88. The largest absolute Gasteiger partial charge is 0.316 e. The van der Waals surface area contributed by atoms with Crippen molar-refractivity contribution >= 4 is 22.8 Å². The van der Waals surface area contributed by atoms with Crippen LogP contribution in [0.25, 0.3) is 11.2 Å². The molecule has 4 heteroatoms. The van der Waals surface area contributed by atoms with Gasteiger partial charge in [-0.3, -0.25) is 0 Å². The second-order valence-corrected chi connectivity index (χ2v) is 3.51. The number of pyridine rings is 1. The number of aromatic nitrogens is 3. The van der Waals surface area contributed by atoms with Gasteiger partial charge in [-0.2, -0.15) is 4.98 Å². The summed E-state index contributed by atoms with van der Waals surface area (Å²) in [4.78, 5) is 8.47. The van der Waals surface area contributed by atoms with Gasteiger partial charge in [0.05, 0.1) is 5.52 Å². The fraction of sp³-hybridized carbons (Fsp3) is 0.333. The van der Waals surface area contributed by atoms with Crippen molar-refractivity contribution in [2.45, 2.75) is 13.8 Å². The first-order valence-electron chi connectivity index (χ1n) is 4.06. The molecule has 0 atom stereocenters. The monoisotopic (exact) mass is 195 g/mol. The molecular formula is C9H10ClN3. The third-order valence-electron chi connectivity index (χ3n) is 2.26. The van der Waals surface area contributed by atoms with Crippen molar-refractivity contribution in [2.24, 2.45) is 7.05 Å². The molecule has 68 valence electrons. The van der Waals surface area contributed by atoms with Crippen LogP contribution < -0.4 is 0 Å². The summed E-state index contributed by atoms with van der Waals surface area (Å²) in [6, 6.07) is 2.05. The summed E-state index contributed by atoms with van der Waals surface area (Å²) in [5.74, 6) is 0. The molecule has 0 fully saturated rings. The van der Waals surface area contributed by atoms with Crippen molar-refractivity contribution in [3.05, 3.63) is 22.6 Å². The van der Waals surface area contributed by atoms with Crippen LogP contribution in [0.3, 0.4) is 0 Å². The van der Waals surface area contributed by atoms with E-state index in [1.54, 1.807) is 0 Å². The van der Waals surface area contributed by atoms with Gasteiger partial charge in [-0.1, -0.05) is 0 Å². The van der Waals surface area contributed by atoms with E-state index in [1.165, 1.54) is 0 Å². The molecule has 0 bridgehead atoms. The number of hydrogen-bond donors (Lipinski definition) is 0. The SMILES string of the molecule is Cc1cc2c(nc1C)nc(Cl)n2C. The summed E-state index contributed by atoms with van der Waals surface area (Å²) in [6.07, 6.45) is 0. The average Bonchev–Trinajstić information content (AvgIpc) is 2.32. The van der Waals surface area contributed by atoms with Gasteiger partial charge in [-0.25, -0.2) is 4.98 Å². The topological polar surface area (TPSA) is 30.7 Å². The predicted molar refractivity (Wildman–Crippen MR) is 53.0 cm³/mol. The van der Waals surface area contributed by atoms with Crippen LogP contribution in [0, 0.1) is 13.8 Å². The Bertz CT molecular complexity index is 473. The molecule has 0 saturated heterocycles. The predicted octanol–water partition coefficient (Wildman–Crippen LogP) is 2.24. The molecule has 0 saturated carbocycles. The second kappa shape index (κ2) is 2.70. The number of rotatable bonds is 0. The van der Waals surface area contributed by atoms with Gasteiger partial charge in [-0.05, 0) is 37.1 Å². The molecule has 3 nitrogen and oxygen atoms in total. The van der Waals surface area contributed by atoms with E-state index in [2.05, 4.69) is 16.0 Å². The van der Waals surface area contributed by atoms with Crippen LogP contribution in [0.4, 0.5) is 0 Å². The highest BCUT2D eigenvalue weighted by Gasteiger charge is 2.07. The van der Waals surface area contributed by atoms with E-state index in [0.717, 1.165) is 22.4 Å². The lowest BCUT2D eigenvalue weighted by atomic mass is 10.2. The van der Waals surface area contributed by atoms with Gasteiger partial charge in [0.2, 0.25) is 5.28 Å². The van der Waals surface area contributed by atoms with Crippen molar-refractivity contribution in [2.75, 3.05) is 0 Å². The molecule has 0 aliphatic heterocycles. The molecule has 0 N–H and O–H groups in total. The lowest BCUT2D eigenvalue weighted by Gasteiger charge is -1.99. The number of halogens is 1. The number of hydrogen-bond acceptors (Lipinski definition) is 2. The lowest BCUT2D eigenvalue weighted by Crippen LogP contribution is -1.90. The van der Waals surface area contributed by atoms with E-state index < -0.39 is 0 Å². The number of nitrogens with zero attached hydrogens (tertiary/aromatic N) is 3.